The van der Waals surface area contributed by atoms with Crippen molar-refractivity contribution < 1.29 is 0 Å². The number of pyridine rings is 1. The van der Waals surface area contributed by atoms with Crippen LogP contribution in [-0.4, -0.2) is 23.0 Å². The van der Waals surface area contributed by atoms with Gasteiger partial charge in [0.25, 0.3) is 0 Å². The molecule has 0 spiro atoms. The summed E-state index contributed by atoms with van der Waals surface area (Å²) >= 11 is 1.96. The summed E-state index contributed by atoms with van der Waals surface area (Å²) in [5.41, 5.74) is 6.72. The third-order valence-electron chi connectivity index (χ3n) is 1.75. The smallest absolute Gasteiger partial charge is 0.0300 e. The molecule has 0 aliphatic carbocycles. The van der Waals surface area contributed by atoms with E-state index in [1.165, 1.54) is 17.1 Å². The van der Waals surface area contributed by atoms with E-state index in [-0.39, 0.29) is 0 Å². The Kier molecular flexibility index (Phi) is 5.61. The summed E-state index contributed by atoms with van der Waals surface area (Å²) in [6.45, 7) is 0.805. The first-order valence-corrected chi connectivity index (χ1v) is 5.75. The fourth-order valence-electron chi connectivity index (χ4n) is 1.02. The number of hydrogen-bond donors (Lipinski definition) is 1. The first kappa shape index (κ1) is 10.5. The first-order valence-electron chi connectivity index (χ1n) is 4.60. The molecule has 2 nitrogen and oxygen atoms in total. The summed E-state index contributed by atoms with van der Waals surface area (Å²) < 4.78 is 0. The number of nitrogens with zero attached hydrogens (tertiary/aromatic N) is 1. The van der Waals surface area contributed by atoms with E-state index in [4.69, 9.17) is 5.73 Å². The Morgan fingerprint density at radius 1 is 1.38 bits per heavy atom. The van der Waals surface area contributed by atoms with Gasteiger partial charge in [-0.3, -0.25) is 4.98 Å². The van der Waals surface area contributed by atoms with Crippen molar-refractivity contribution in [2.75, 3.05) is 18.1 Å². The summed E-state index contributed by atoms with van der Waals surface area (Å²) in [5, 5.41) is 0. The second kappa shape index (κ2) is 6.92. The topological polar surface area (TPSA) is 38.9 Å². The molecular weight excluding hydrogens is 180 g/mol. The van der Waals surface area contributed by atoms with Crippen LogP contribution in [0.5, 0.6) is 0 Å². The standard InChI is InChI=1S/C10H16N2S/c11-5-2-7-13-8-4-10-3-1-6-12-9-10/h1,3,6,9H,2,4-5,7-8,11H2. The summed E-state index contributed by atoms with van der Waals surface area (Å²) in [7, 11) is 0. The maximum Gasteiger partial charge on any atom is 0.0300 e. The Hall–Kier alpha value is -0.540. The average Bonchev–Trinajstić information content (AvgIpc) is 2.19. The lowest BCUT2D eigenvalue weighted by molar-refractivity contribution is 0.942. The van der Waals surface area contributed by atoms with E-state index in [0.29, 0.717) is 0 Å². The number of aromatic nitrogens is 1. The highest BCUT2D eigenvalue weighted by Gasteiger charge is 1.92. The first-order chi connectivity index (χ1) is 6.43. The van der Waals surface area contributed by atoms with E-state index in [0.717, 1.165) is 19.4 Å². The van der Waals surface area contributed by atoms with Crippen molar-refractivity contribution in [3.8, 4) is 0 Å². The number of aryl methyl sites for hydroxylation is 1. The lowest BCUT2D eigenvalue weighted by Crippen LogP contribution is -2.00. The molecule has 13 heavy (non-hydrogen) atoms. The Morgan fingerprint density at radius 2 is 2.31 bits per heavy atom. The van der Waals surface area contributed by atoms with Crippen molar-refractivity contribution >= 4 is 11.8 Å². The number of hydrogen-bond acceptors (Lipinski definition) is 3. The molecule has 2 N–H and O–H groups in total. The molecule has 0 saturated carbocycles. The monoisotopic (exact) mass is 196 g/mol. The highest BCUT2D eigenvalue weighted by atomic mass is 32.2. The summed E-state index contributed by atoms with van der Waals surface area (Å²) in [6, 6.07) is 4.11. The lowest BCUT2D eigenvalue weighted by atomic mass is 10.2. The molecule has 0 aliphatic rings. The molecule has 0 atom stereocenters. The van der Waals surface area contributed by atoms with Gasteiger partial charge in [-0.1, -0.05) is 6.07 Å². The molecule has 3 heteroatoms. The van der Waals surface area contributed by atoms with Crippen LogP contribution >= 0.6 is 11.8 Å². The van der Waals surface area contributed by atoms with Gasteiger partial charge in [0.15, 0.2) is 0 Å². The zero-order valence-electron chi connectivity index (χ0n) is 7.78. The molecular formula is C10H16N2S. The van der Waals surface area contributed by atoms with E-state index in [9.17, 15) is 0 Å². The van der Waals surface area contributed by atoms with Crippen LogP contribution in [0.4, 0.5) is 0 Å². The van der Waals surface area contributed by atoms with Gasteiger partial charge >= 0.3 is 0 Å². The second-order valence-corrected chi connectivity index (χ2v) is 4.09. The lowest BCUT2D eigenvalue weighted by Gasteiger charge is -2.00. The van der Waals surface area contributed by atoms with Crippen molar-refractivity contribution in [1.29, 1.82) is 0 Å². The van der Waals surface area contributed by atoms with Gasteiger partial charge < -0.3 is 5.73 Å². The van der Waals surface area contributed by atoms with Gasteiger partial charge in [-0.25, -0.2) is 0 Å². The molecule has 0 amide bonds. The molecule has 1 heterocycles. The molecule has 0 radical (unpaired) electrons. The molecule has 0 unspecified atom stereocenters. The van der Waals surface area contributed by atoms with Crippen LogP contribution in [0.2, 0.25) is 0 Å². The van der Waals surface area contributed by atoms with Crippen LogP contribution in [0.1, 0.15) is 12.0 Å². The maximum absolute atomic E-state index is 5.40. The van der Waals surface area contributed by atoms with Crippen LogP contribution in [0.3, 0.4) is 0 Å². The van der Waals surface area contributed by atoms with Gasteiger partial charge in [0, 0.05) is 12.4 Å². The highest BCUT2D eigenvalue weighted by Crippen LogP contribution is 2.06. The van der Waals surface area contributed by atoms with E-state index >= 15 is 0 Å². The predicted molar refractivity (Wildman–Crippen MR) is 58.9 cm³/mol. The predicted octanol–water partition coefficient (Wildman–Crippen LogP) is 1.71. The molecule has 0 aromatic carbocycles. The number of thioether (sulfide) groups is 1. The third kappa shape index (κ3) is 4.90. The largest absolute Gasteiger partial charge is 0.330 e. The van der Waals surface area contributed by atoms with Crippen molar-refractivity contribution in [3.63, 3.8) is 0 Å². The Bertz CT molecular complexity index is 213. The van der Waals surface area contributed by atoms with Crippen molar-refractivity contribution in [2.45, 2.75) is 12.8 Å². The molecule has 1 aromatic rings. The molecule has 1 aromatic heterocycles. The Labute approximate surface area is 83.9 Å². The SMILES string of the molecule is NCCCSCCc1cccnc1. The van der Waals surface area contributed by atoms with E-state index in [2.05, 4.69) is 11.1 Å². The maximum atomic E-state index is 5.40. The van der Waals surface area contributed by atoms with Gasteiger partial charge in [0.1, 0.15) is 0 Å². The molecule has 0 fully saturated rings. The minimum Gasteiger partial charge on any atom is -0.330 e. The van der Waals surface area contributed by atoms with Crippen LogP contribution in [0.25, 0.3) is 0 Å². The van der Waals surface area contributed by atoms with Crippen LogP contribution in [0.15, 0.2) is 24.5 Å². The fraction of sp³-hybridized carbons (Fsp3) is 0.500. The number of rotatable bonds is 6. The minimum absolute atomic E-state index is 0.805. The van der Waals surface area contributed by atoms with Gasteiger partial charge in [-0.2, -0.15) is 11.8 Å². The molecule has 1 rings (SSSR count). The third-order valence-corrected chi connectivity index (χ3v) is 2.82. The minimum atomic E-state index is 0.805. The summed E-state index contributed by atoms with van der Waals surface area (Å²) in [6.07, 6.45) is 5.98. The van der Waals surface area contributed by atoms with Crippen LogP contribution in [-0.2, 0) is 6.42 Å². The Morgan fingerprint density at radius 3 is 3.00 bits per heavy atom. The normalized spacial score (nSPS) is 10.2. The van der Waals surface area contributed by atoms with Gasteiger partial charge in [-0.15, -0.1) is 0 Å². The van der Waals surface area contributed by atoms with E-state index in [1.807, 2.05) is 30.2 Å². The molecule has 0 saturated heterocycles. The summed E-state index contributed by atoms with van der Waals surface area (Å²) in [4.78, 5) is 4.07. The molecule has 0 bridgehead atoms. The van der Waals surface area contributed by atoms with Crippen molar-refractivity contribution in [1.82, 2.24) is 4.98 Å². The zero-order chi connectivity index (χ0) is 9.36. The average molecular weight is 196 g/mol. The van der Waals surface area contributed by atoms with Gasteiger partial charge in [0.2, 0.25) is 0 Å². The quantitative estimate of drug-likeness (QED) is 0.704. The zero-order valence-corrected chi connectivity index (χ0v) is 8.59. The van der Waals surface area contributed by atoms with Crippen LogP contribution in [0, 0.1) is 0 Å². The molecule has 72 valence electrons. The van der Waals surface area contributed by atoms with Gasteiger partial charge in [0.05, 0.1) is 0 Å². The number of nitrogens with two attached hydrogens (primary N) is 1. The van der Waals surface area contributed by atoms with Crippen molar-refractivity contribution in [2.24, 2.45) is 5.73 Å². The van der Waals surface area contributed by atoms with Crippen LogP contribution < -0.4 is 5.73 Å². The van der Waals surface area contributed by atoms with E-state index in [1.54, 1.807) is 0 Å². The Balaban J connectivity index is 2.07. The van der Waals surface area contributed by atoms with Gasteiger partial charge in [-0.05, 0) is 42.5 Å². The fourth-order valence-corrected chi connectivity index (χ4v) is 1.98. The highest BCUT2D eigenvalue weighted by molar-refractivity contribution is 7.99. The summed E-state index contributed by atoms with van der Waals surface area (Å²) in [5.74, 6) is 2.35. The second-order valence-electron chi connectivity index (χ2n) is 2.87. The molecule has 0 aliphatic heterocycles. The van der Waals surface area contributed by atoms with E-state index < -0.39 is 0 Å². The van der Waals surface area contributed by atoms with Crippen molar-refractivity contribution in [3.05, 3.63) is 30.1 Å².